The Morgan fingerprint density at radius 3 is 2.11 bits per heavy atom. The van der Waals surface area contributed by atoms with Crippen LogP contribution in [0.1, 0.15) is 81.7 Å². The molecule has 1 aromatic heterocycles. The van der Waals surface area contributed by atoms with Crippen LogP contribution in [0.15, 0.2) is 4.34 Å². The molecule has 2 saturated carbocycles. The monoisotopic (exact) mass is 408 g/mol. The normalized spacial score (nSPS) is 19.2. The van der Waals surface area contributed by atoms with Gasteiger partial charge in [0.25, 0.3) is 0 Å². The smallest absolute Gasteiger partial charge is 0.233 e. The van der Waals surface area contributed by atoms with Crippen molar-refractivity contribution in [2.75, 3.05) is 5.75 Å². The van der Waals surface area contributed by atoms with E-state index in [1.54, 1.807) is 30.0 Å². The molecule has 27 heavy (non-hydrogen) atoms. The Morgan fingerprint density at radius 2 is 1.59 bits per heavy atom. The molecule has 3 rings (SSSR count). The van der Waals surface area contributed by atoms with Gasteiger partial charge < -0.3 is 4.90 Å². The molecule has 6 heteroatoms. The number of aromatic nitrogens is 1. The minimum absolute atomic E-state index is 0.162. The van der Waals surface area contributed by atoms with Gasteiger partial charge in [0, 0.05) is 23.4 Å². The molecule has 0 saturated heterocycles. The van der Waals surface area contributed by atoms with E-state index in [0.717, 1.165) is 14.9 Å². The molecular weight excluding hydrogens is 376 g/mol. The Kier molecular flexibility index (Phi) is 7.76. The number of amides is 1. The Hall–Kier alpha value is -0.880. The molecule has 0 aliphatic heterocycles. The maximum Gasteiger partial charge on any atom is 0.233 e. The minimum atomic E-state index is 0.162. The Morgan fingerprint density at radius 1 is 1.04 bits per heavy atom. The lowest BCUT2D eigenvalue weighted by Gasteiger charge is -2.41. The molecular formula is C21H32N2O2S2. The predicted molar refractivity (Wildman–Crippen MR) is 113 cm³/mol. The fraction of sp³-hybridized carbons (Fsp3) is 0.762. The van der Waals surface area contributed by atoms with E-state index in [1.807, 2.05) is 6.92 Å². The van der Waals surface area contributed by atoms with Crippen molar-refractivity contribution in [3.8, 4) is 0 Å². The van der Waals surface area contributed by atoms with E-state index in [4.69, 9.17) is 0 Å². The lowest BCUT2D eigenvalue weighted by Crippen LogP contribution is -2.49. The van der Waals surface area contributed by atoms with Crippen molar-refractivity contribution < 1.29 is 9.59 Å². The van der Waals surface area contributed by atoms with E-state index >= 15 is 0 Å². The number of carbonyl (C=O) groups excluding carboxylic acids is 2. The van der Waals surface area contributed by atoms with Crippen LogP contribution in [0.2, 0.25) is 0 Å². The summed E-state index contributed by atoms with van der Waals surface area (Å²) >= 11 is 3.12. The number of hydrogen-bond acceptors (Lipinski definition) is 5. The van der Waals surface area contributed by atoms with Crippen molar-refractivity contribution >= 4 is 34.8 Å². The molecule has 0 bridgehead atoms. The van der Waals surface area contributed by atoms with Crippen molar-refractivity contribution in [2.24, 2.45) is 0 Å². The molecule has 0 atom stereocenters. The first-order chi connectivity index (χ1) is 13.0. The molecule has 1 heterocycles. The summed E-state index contributed by atoms with van der Waals surface area (Å²) in [4.78, 5) is 32.5. The van der Waals surface area contributed by atoms with Crippen LogP contribution < -0.4 is 0 Å². The zero-order valence-electron chi connectivity index (χ0n) is 16.7. The molecule has 2 aliphatic carbocycles. The first-order valence-corrected chi connectivity index (χ1v) is 12.2. The molecule has 4 nitrogen and oxygen atoms in total. The zero-order valence-corrected chi connectivity index (χ0v) is 18.3. The summed E-state index contributed by atoms with van der Waals surface area (Å²) in [6, 6.07) is 0.891. The third-order valence-electron chi connectivity index (χ3n) is 5.83. The summed E-state index contributed by atoms with van der Waals surface area (Å²) in [5, 5.41) is 0. The first kappa shape index (κ1) is 20.8. The summed E-state index contributed by atoms with van der Waals surface area (Å²) in [6.07, 6.45) is 12.8. The van der Waals surface area contributed by atoms with E-state index < -0.39 is 0 Å². The van der Waals surface area contributed by atoms with Crippen molar-refractivity contribution in [3.05, 3.63) is 10.6 Å². The first-order valence-electron chi connectivity index (χ1n) is 10.4. The summed E-state index contributed by atoms with van der Waals surface area (Å²) in [5.41, 5.74) is 0.932. The molecule has 0 aromatic carbocycles. The van der Waals surface area contributed by atoms with Crippen LogP contribution in [-0.2, 0) is 16.0 Å². The second-order valence-corrected chi connectivity index (χ2v) is 10.3. The second kappa shape index (κ2) is 10.1. The van der Waals surface area contributed by atoms with Crippen LogP contribution in [-0.4, -0.2) is 39.4 Å². The van der Waals surface area contributed by atoms with Gasteiger partial charge in [0.15, 0.2) is 4.34 Å². The SMILES string of the molecule is CC(=O)Cc1sc(SCC(=O)N(C2CCCCC2)C2CCCCC2)nc1C. The fourth-order valence-electron chi connectivity index (χ4n) is 4.48. The number of hydrogen-bond donors (Lipinski definition) is 0. The van der Waals surface area contributed by atoms with Gasteiger partial charge in [0.1, 0.15) is 5.78 Å². The third kappa shape index (κ3) is 5.80. The molecule has 2 aliphatic rings. The number of thioether (sulfide) groups is 1. The van der Waals surface area contributed by atoms with Crippen LogP contribution in [0, 0.1) is 6.92 Å². The van der Waals surface area contributed by atoms with E-state index in [-0.39, 0.29) is 5.78 Å². The van der Waals surface area contributed by atoms with Crippen LogP contribution >= 0.6 is 23.1 Å². The molecule has 0 N–H and O–H groups in total. The standard InChI is InChI=1S/C21H32N2O2S2/c1-15(24)13-19-16(2)22-21(27-19)26-14-20(25)23(17-9-5-3-6-10-17)18-11-7-4-8-12-18/h17-18H,3-14H2,1-2H3. The van der Waals surface area contributed by atoms with Crippen LogP contribution in [0.5, 0.6) is 0 Å². The second-order valence-electron chi connectivity index (χ2n) is 8.04. The minimum Gasteiger partial charge on any atom is -0.336 e. The van der Waals surface area contributed by atoms with Gasteiger partial charge >= 0.3 is 0 Å². The Labute approximate surface area is 171 Å². The van der Waals surface area contributed by atoms with E-state index in [1.165, 1.54) is 64.2 Å². The van der Waals surface area contributed by atoms with Crippen LogP contribution in [0.25, 0.3) is 0 Å². The fourth-order valence-corrected chi connectivity index (χ4v) is 6.65. The summed E-state index contributed by atoms with van der Waals surface area (Å²) < 4.78 is 0.921. The average Bonchev–Trinajstić information content (AvgIpc) is 3.01. The number of aryl methyl sites for hydroxylation is 1. The lowest BCUT2D eigenvalue weighted by molar-refractivity contribution is -0.135. The number of rotatable bonds is 7. The van der Waals surface area contributed by atoms with Gasteiger partial charge in [-0.25, -0.2) is 4.98 Å². The molecule has 0 spiro atoms. The van der Waals surface area contributed by atoms with Crippen molar-refractivity contribution in [2.45, 2.75) is 101 Å². The van der Waals surface area contributed by atoms with Crippen molar-refractivity contribution in [1.29, 1.82) is 0 Å². The number of Topliss-reactive ketones (excluding diaryl/α,β-unsaturated/α-hetero) is 1. The van der Waals surface area contributed by atoms with Gasteiger partial charge in [0.2, 0.25) is 5.91 Å². The summed E-state index contributed by atoms with van der Waals surface area (Å²) in [7, 11) is 0. The largest absolute Gasteiger partial charge is 0.336 e. The lowest BCUT2D eigenvalue weighted by atomic mass is 9.88. The maximum atomic E-state index is 13.2. The topological polar surface area (TPSA) is 50.3 Å². The molecule has 0 radical (unpaired) electrons. The maximum absolute atomic E-state index is 13.2. The van der Waals surface area contributed by atoms with Gasteiger partial charge in [-0.3, -0.25) is 9.59 Å². The highest BCUT2D eigenvalue weighted by molar-refractivity contribution is 8.01. The van der Waals surface area contributed by atoms with E-state index in [9.17, 15) is 9.59 Å². The van der Waals surface area contributed by atoms with Gasteiger partial charge in [-0.2, -0.15) is 0 Å². The number of carbonyl (C=O) groups is 2. The van der Waals surface area contributed by atoms with Crippen LogP contribution in [0.3, 0.4) is 0 Å². The molecule has 150 valence electrons. The van der Waals surface area contributed by atoms with Crippen molar-refractivity contribution in [3.63, 3.8) is 0 Å². The van der Waals surface area contributed by atoms with Gasteiger partial charge in [-0.1, -0.05) is 50.3 Å². The molecule has 0 unspecified atom stereocenters. The number of ketones is 1. The highest BCUT2D eigenvalue weighted by atomic mass is 32.2. The quantitative estimate of drug-likeness (QED) is 0.584. The number of thiazole rings is 1. The van der Waals surface area contributed by atoms with Crippen LogP contribution in [0.4, 0.5) is 0 Å². The van der Waals surface area contributed by atoms with Crippen molar-refractivity contribution in [1.82, 2.24) is 9.88 Å². The highest BCUT2D eigenvalue weighted by Gasteiger charge is 2.32. The Balaban J connectivity index is 1.64. The van der Waals surface area contributed by atoms with E-state index in [0.29, 0.717) is 30.2 Å². The highest BCUT2D eigenvalue weighted by Crippen LogP contribution is 2.32. The predicted octanol–water partition coefficient (Wildman–Crippen LogP) is 5.17. The molecule has 1 amide bonds. The summed E-state index contributed by atoms with van der Waals surface area (Å²) in [6.45, 7) is 3.57. The van der Waals surface area contributed by atoms with Gasteiger partial charge in [0.05, 0.1) is 11.4 Å². The molecule has 1 aromatic rings. The average molecular weight is 409 g/mol. The Bertz CT molecular complexity index is 629. The third-order valence-corrected chi connectivity index (χ3v) is 8.11. The summed E-state index contributed by atoms with van der Waals surface area (Å²) in [5.74, 6) is 0.925. The molecule has 2 fully saturated rings. The van der Waals surface area contributed by atoms with Gasteiger partial charge in [-0.15, -0.1) is 11.3 Å². The van der Waals surface area contributed by atoms with Gasteiger partial charge in [-0.05, 0) is 39.5 Å². The van der Waals surface area contributed by atoms with E-state index in [2.05, 4.69) is 9.88 Å². The zero-order chi connectivity index (χ0) is 19.2. The number of nitrogens with zero attached hydrogens (tertiary/aromatic N) is 2.